The summed E-state index contributed by atoms with van der Waals surface area (Å²) in [5.41, 5.74) is 10.3. The molecule has 2 saturated heterocycles. The Morgan fingerprint density at radius 1 is 1.05 bits per heavy atom. The number of methoxy groups -OCH3 is 2. The van der Waals surface area contributed by atoms with Gasteiger partial charge in [-0.1, -0.05) is 48.0 Å². The maximum atomic E-state index is 13.3. The van der Waals surface area contributed by atoms with Crippen LogP contribution in [0.4, 0.5) is 23.0 Å². The van der Waals surface area contributed by atoms with Crippen LogP contribution in [0, 0.1) is 0 Å². The molecule has 0 aliphatic carbocycles. The van der Waals surface area contributed by atoms with Gasteiger partial charge in [0.15, 0.2) is 17.3 Å². The molecule has 1 unspecified atom stereocenters. The first-order chi connectivity index (χ1) is 27.5. The van der Waals surface area contributed by atoms with Crippen molar-refractivity contribution in [2.24, 2.45) is 10.2 Å². The second-order valence-corrected chi connectivity index (χ2v) is 15.3. The Morgan fingerprint density at radius 2 is 1.77 bits per heavy atom. The fourth-order valence-electron chi connectivity index (χ4n) is 7.40. The van der Waals surface area contributed by atoms with Crippen LogP contribution < -0.4 is 35.5 Å². The maximum Gasteiger partial charge on any atom is 0.255 e. The van der Waals surface area contributed by atoms with Crippen molar-refractivity contribution in [3.05, 3.63) is 88.2 Å². The summed E-state index contributed by atoms with van der Waals surface area (Å²) in [5, 5.41) is 16.3. The first kappa shape index (κ1) is 39.8. The fourth-order valence-corrected chi connectivity index (χ4v) is 7.79. The van der Waals surface area contributed by atoms with Gasteiger partial charge < -0.3 is 40.4 Å². The number of carbonyl (C=O) groups excluding carboxylic acids is 2. The Balaban J connectivity index is 0.919. The number of nitrogen functional groups attached to an aromatic ring is 1. The van der Waals surface area contributed by atoms with Gasteiger partial charge in [0.05, 0.1) is 48.4 Å². The third-order valence-corrected chi connectivity index (χ3v) is 11.5. The second kappa shape index (κ2) is 17.0. The number of halogens is 2. The number of nitrogens with zero attached hydrogens (tertiary/aromatic N) is 6. The van der Waals surface area contributed by atoms with E-state index in [0.29, 0.717) is 86.5 Å². The van der Waals surface area contributed by atoms with Crippen LogP contribution >= 0.6 is 23.2 Å². The van der Waals surface area contributed by atoms with Gasteiger partial charge in [0, 0.05) is 59.7 Å². The summed E-state index contributed by atoms with van der Waals surface area (Å²) in [6.45, 7) is 9.10. The van der Waals surface area contributed by atoms with E-state index in [4.69, 9.17) is 43.1 Å². The molecule has 3 aliphatic rings. The van der Waals surface area contributed by atoms with E-state index < -0.39 is 6.04 Å². The number of piperidine rings is 2. The first-order valence-corrected chi connectivity index (χ1v) is 19.5. The third-order valence-electron chi connectivity index (χ3n) is 10.7. The highest BCUT2D eigenvalue weighted by Crippen LogP contribution is 2.42. The molecule has 0 spiro atoms. The smallest absolute Gasteiger partial charge is 0.255 e. The molecule has 3 aliphatic heterocycles. The Morgan fingerprint density at radius 3 is 2.47 bits per heavy atom. The SMILES string of the molecule is C=C1CCC(N2Cc3c(N=Nc4cc(OC)c(OCCCNC5(C)CCN(c6cnc(-c7cccc(Cl)c7Cl)c(N)n6)CC5)c(OC)c4)cccc3C2=O)C(=O)N1. The lowest BCUT2D eigenvalue weighted by Crippen LogP contribution is -2.52. The zero-order valence-corrected chi connectivity index (χ0v) is 33.6. The zero-order valence-electron chi connectivity index (χ0n) is 32.1. The molecule has 4 heterocycles. The predicted octanol–water partition coefficient (Wildman–Crippen LogP) is 7.63. The van der Waals surface area contributed by atoms with Crippen LogP contribution in [0.1, 0.15) is 54.9 Å². The molecule has 4 aromatic rings. The summed E-state index contributed by atoms with van der Waals surface area (Å²) in [4.78, 5) is 39.0. The van der Waals surface area contributed by atoms with E-state index in [1.807, 2.05) is 6.07 Å². The second-order valence-electron chi connectivity index (χ2n) is 14.5. The van der Waals surface area contributed by atoms with Crippen molar-refractivity contribution >= 4 is 58.0 Å². The van der Waals surface area contributed by atoms with Gasteiger partial charge in [-0.05, 0) is 63.8 Å². The maximum absolute atomic E-state index is 13.3. The summed E-state index contributed by atoms with van der Waals surface area (Å²) in [6, 6.07) is 13.6. The number of nitrogens with two attached hydrogens (primary N) is 1. The Hall–Kier alpha value is -5.44. The third kappa shape index (κ3) is 8.48. The van der Waals surface area contributed by atoms with Crippen LogP contribution in [0.25, 0.3) is 11.3 Å². The molecule has 2 amide bonds. The van der Waals surface area contributed by atoms with E-state index in [2.05, 4.69) is 49.2 Å². The van der Waals surface area contributed by atoms with Crippen molar-refractivity contribution in [3.8, 4) is 28.5 Å². The van der Waals surface area contributed by atoms with Gasteiger partial charge in [0.2, 0.25) is 11.7 Å². The average Bonchev–Trinajstić information content (AvgIpc) is 3.54. The zero-order chi connectivity index (χ0) is 40.3. The molecule has 1 atom stereocenters. The van der Waals surface area contributed by atoms with Crippen LogP contribution in [0.5, 0.6) is 17.2 Å². The van der Waals surface area contributed by atoms with E-state index in [9.17, 15) is 9.59 Å². The van der Waals surface area contributed by atoms with E-state index in [1.165, 1.54) is 0 Å². The molecule has 4 N–H and O–H groups in total. The van der Waals surface area contributed by atoms with Gasteiger partial charge in [0.1, 0.15) is 17.6 Å². The van der Waals surface area contributed by atoms with Gasteiger partial charge in [-0.25, -0.2) is 9.97 Å². The largest absolute Gasteiger partial charge is 0.493 e. The fraction of sp³-hybridized carbons (Fsp3) is 0.366. The van der Waals surface area contributed by atoms with Crippen LogP contribution in [0.2, 0.25) is 10.0 Å². The predicted molar refractivity (Wildman–Crippen MR) is 220 cm³/mol. The van der Waals surface area contributed by atoms with Crippen LogP contribution in [-0.4, -0.2) is 78.7 Å². The van der Waals surface area contributed by atoms with Crippen molar-refractivity contribution in [2.75, 3.05) is 51.1 Å². The minimum Gasteiger partial charge on any atom is -0.493 e. The summed E-state index contributed by atoms with van der Waals surface area (Å²) in [6.07, 6.45) is 5.44. The molecule has 0 bridgehead atoms. The van der Waals surface area contributed by atoms with E-state index in [-0.39, 0.29) is 23.9 Å². The Kier molecular flexibility index (Phi) is 11.8. The lowest BCUT2D eigenvalue weighted by molar-refractivity contribution is -0.126. The summed E-state index contributed by atoms with van der Waals surface area (Å²) >= 11 is 12.6. The summed E-state index contributed by atoms with van der Waals surface area (Å²) in [7, 11) is 3.11. The first-order valence-electron chi connectivity index (χ1n) is 18.8. The van der Waals surface area contributed by atoms with Gasteiger partial charge in [-0.2, -0.15) is 10.2 Å². The minimum atomic E-state index is -0.562. The van der Waals surface area contributed by atoms with Crippen molar-refractivity contribution < 1.29 is 23.8 Å². The number of allylic oxidation sites excluding steroid dienone is 1. The number of rotatable bonds is 13. The van der Waals surface area contributed by atoms with Gasteiger partial charge in [-0.3, -0.25) is 9.59 Å². The molecule has 2 fully saturated rings. The minimum absolute atomic E-state index is 0.0592. The molecule has 0 saturated carbocycles. The molecule has 16 heteroatoms. The molecule has 14 nitrogen and oxygen atoms in total. The standard InChI is InChI=1S/C41H45Cl2N9O5/c1-24-12-13-31(39(53)47-24)52-23-28-26(40(52)54)8-6-11-30(28)50-49-25-20-32(55-3)37(33(21-25)56-4)57-19-7-16-46-41(2)14-17-51(18-15-41)34-22-45-36(38(44)48-34)27-9-5-10-29(42)35(27)43/h5-6,8-11,20-22,31,46H,1,7,12-19,23H2,2-4H3,(H2,44,48)(H,47,53). The lowest BCUT2D eigenvalue weighted by atomic mass is 9.89. The van der Waals surface area contributed by atoms with Crippen molar-refractivity contribution in [2.45, 2.75) is 57.2 Å². The number of azo groups is 1. The number of amides is 2. The topological polar surface area (TPSA) is 169 Å². The number of aromatic nitrogens is 2. The van der Waals surface area contributed by atoms with Gasteiger partial charge in [-0.15, -0.1) is 0 Å². The normalized spacial score (nSPS) is 17.8. The number of ether oxygens (including phenoxy) is 3. The Bertz CT molecular complexity index is 2200. The quantitative estimate of drug-likeness (QED) is 0.0902. The molecule has 3 aromatic carbocycles. The number of fused-ring (bicyclic) bond motifs is 1. The van der Waals surface area contributed by atoms with Gasteiger partial charge in [0.25, 0.3) is 5.91 Å². The number of hydrogen-bond acceptors (Lipinski definition) is 12. The number of carbonyl (C=O) groups is 2. The number of benzene rings is 3. The van der Waals surface area contributed by atoms with E-state index >= 15 is 0 Å². The summed E-state index contributed by atoms with van der Waals surface area (Å²) < 4.78 is 17.5. The molecular weight excluding hydrogens is 769 g/mol. The number of hydrogen-bond donors (Lipinski definition) is 3. The summed E-state index contributed by atoms with van der Waals surface area (Å²) in [5.74, 6) is 1.98. The highest BCUT2D eigenvalue weighted by molar-refractivity contribution is 6.43. The van der Waals surface area contributed by atoms with Crippen molar-refractivity contribution in [1.29, 1.82) is 0 Å². The molecule has 298 valence electrons. The number of anilines is 2. The highest BCUT2D eigenvalue weighted by Gasteiger charge is 2.39. The molecule has 57 heavy (non-hydrogen) atoms. The van der Waals surface area contributed by atoms with Gasteiger partial charge >= 0.3 is 0 Å². The average molecular weight is 815 g/mol. The Labute approximate surface area is 341 Å². The van der Waals surface area contributed by atoms with Crippen LogP contribution in [-0.2, 0) is 11.3 Å². The monoisotopic (exact) mass is 813 g/mol. The molecule has 1 aromatic heterocycles. The molecule has 7 rings (SSSR count). The van der Waals surface area contributed by atoms with Crippen LogP contribution in [0.15, 0.2) is 77.2 Å². The van der Waals surface area contributed by atoms with Crippen molar-refractivity contribution in [1.82, 2.24) is 25.5 Å². The molecule has 0 radical (unpaired) electrons. The highest BCUT2D eigenvalue weighted by atomic mass is 35.5. The molecular formula is C41H45Cl2N9O5. The van der Waals surface area contributed by atoms with E-state index in [0.717, 1.165) is 50.3 Å². The number of nitrogens with one attached hydrogen (secondary N) is 2. The van der Waals surface area contributed by atoms with Crippen molar-refractivity contribution in [3.63, 3.8) is 0 Å². The van der Waals surface area contributed by atoms with E-state index in [1.54, 1.807) is 67.8 Å². The lowest BCUT2D eigenvalue weighted by Gasteiger charge is -2.40. The van der Waals surface area contributed by atoms with Crippen LogP contribution in [0.3, 0.4) is 0 Å².